The first-order valence-corrected chi connectivity index (χ1v) is 11.2. The van der Waals surface area contributed by atoms with Crippen LogP contribution in [0, 0.1) is 0 Å². The number of amides is 1. The summed E-state index contributed by atoms with van der Waals surface area (Å²) in [5, 5.41) is 9.26. The SMILES string of the molecule is O=C(O)C(F)(F)F.O=C1c2cccn2[C@H]2CN(Cc3cccs3)C[C@H]2N1Cc1ccccc1. The third-order valence-electron chi connectivity index (χ3n) is 5.75. The number of carbonyl (C=O) groups is 2. The highest BCUT2D eigenvalue weighted by molar-refractivity contribution is 7.09. The molecule has 1 N–H and O–H groups in total. The van der Waals surface area contributed by atoms with E-state index in [0.717, 1.165) is 25.3 Å². The molecule has 0 aliphatic carbocycles. The maximum absolute atomic E-state index is 13.1. The van der Waals surface area contributed by atoms with Crippen molar-refractivity contribution in [2.75, 3.05) is 13.1 Å². The van der Waals surface area contributed by atoms with E-state index in [1.807, 2.05) is 30.3 Å². The van der Waals surface area contributed by atoms with E-state index in [4.69, 9.17) is 9.90 Å². The number of carboxylic acid groups (broad SMARTS) is 1. The van der Waals surface area contributed by atoms with E-state index < -0.39 is 12.1 Å². The highest BCUT2D eigenvalue weighted by Crippen LogP contribution is 2.35. The van der Waals surface area contributed by atoms with Gasteiger partial charge >= 0.3 is 12.1 Å². The maximum atomic E-state index is 13.1. The molecule has 0 saturated carbocycles. The first-order chi connectivity index (χ1) is 15.7. The van der Waals surface area contributed by atoms with Gasteiger partial charge in [0.25, 0.3) is 5.91 Å². The van der Waals surface area contributed by atoms with Gasteiger partial charge in [-0.3, -0.25) is 9.69 Å². The number of hydrogen-bond acceptors (Lipinski definition) is 4. The Morgan fingerprint density at radius 2 is 1.70 bits per heavy atom. The summed E-state index contributed by atoms with van der Waals surface area (Å²) in [6, 6.07) is 19.1. The number of aliphatic carboxylic acids is 1. The minimum Gasteiger partial charge on any atom is -0.475 e. The van der Waals surface area contributed by atoms with E-state index in [9.17, 15) is 18.0 Å². The average molecular weight is 478 g/mol. The van der Waals surface area contributed by atoms with Crippen LogP contribution in [-0.4, -0.2) is 56.7 Å². The highest BCUT2D eigenvalue weighted by atomic mass is 32.1. The standard InChI is InChI=1S/C21H21N3OS.C2HF3O2/c25-21-18-9-4-10-23(18)19-14-22(13-17-8-5-11-26-17)15-20(19)24(21)12-16-6-2-1-3-7-16;3-2(4,5)1(6)7/h1-11,19-20H,12-15H2;(H,6,7)/t19-,20+;/m0./s1. The van der Waals surface area contributed by atoms with E-state index in [1.54, 1.807) is 11.3 Å². The van der Waals surface area contributed by atoms with Crippen molar-refractivity contribution in [1.29, 1.82) is 0 Å². The zero-order chi connectivity index (χ0) is 23.6. The molecule has 174 valence electrons. The van der Waals surface area contributed by atoms with Gasteiger partial charge in [-0.15, -0.1) is 11.3 Å². The van der Waals surface area contributed by atoms with Crippen molar-refractivity contribution in [2.45, 2.75) is 31.3 Å². The number of alkyl halides is 3. The van der Waals surface area contributed by atoms with Crippen molar-refractivity contribution < 1.29 is 27.9 Å². The van der Waals surface area contributed by atoms with Crippen LogP contribution in [0.4, 0.5) is 13.2 Å². The molecule has 1 amide bonds. The molecule has 6 nitrogen and oxygen atoms in total. The lowest BCUT2D eigenvalue weighted by molar-refractivity contribution is -0.192. The van der Waals surface area contributed by atoms with E-state index in [0.29, 0.717) is 12.6 Å². The van der Waals surface area contributed by atoms with Gasteiger partial charge in [-0.1, -0.05) is 36.4 Å². The summed E-state index contributed by atoms with van der Waals surface area (Å²) in [5.74, 6) is -2.61. The van der Waals surface area contributed by atoms with E-state index in [2.05, 4.69) is 50.2 Å². The lowest BCUT2D eigenvalue weighted by Crippen LogP contribution is -2.49. The highest BCUT2D eigenvalue weighted by Gasteiger charge is 2.44. The van der Waals surface area contributed by atoms with Crippen LogP contribution >= 0.6 is 11.3 Å². The molecule has 2 atom stereocenters. The van der Waals surface area contributed by atoms with Crippen molar-refractivity contribution in [3.8, 4) is 0 Å². The van der Waals surface area contributed by atoms with Gasteiger partial charge in [-0.2, -0.15) is 13.2 Å². The number of likely N-dealkylation sites (tertiary alicyclic amines) is 1. The minimum atomic E-state index is -5.08. The molecule has 2 aliphatic rings. The number of aromatic nitrogens is 1. The fourth-order valence-electron chi connectivity index (χ4n) is 4.31. The van der Waals surface area contributed by atoms with E-state index in [-0.39, 0.29) is 11.9 Å². The monoisotopic (exact) mass is 477 g/mol. The molecule has 0 radical (unpaired) electrons. The summed E-state index contributed by atoms with van der Waals surface area (Å²) in [7, 11) is 0. The largest absolute Gasteiger partial charge is 0.490 e. The van der Waals surface area contributed by atoms with Gasteiger partial charge in [0.05, 0.1) is 12.1 Å². The Bertz CT molecular complexity index is 1100. The van der Waals surface area contributed by atoms with E-state index >= 15 is 0 Å². The number of thiophene rings is 1. The number of halogens is 3. The van der Waals surface area contributed by atoms with Crippen molar-refractivity contribution in [1.82, 2.24) is 14.4 Å². The third kappa shape index (κ3) is 5.12. The molecule has 5 rings (SSSR count). The topological polar surface area (TPSA) is 65.8 Å². The van der Waals surface area contributed by atoms with Gasteiger partial charge in [0.1, 0.15) is 5.69 Å². The van der Waals surface area contributed by atoms with Crippen LogP contribution in [0.25, 0.3) is 0 Å². The first kappa shape index (κ1) is 23.1. The second kappa shape index (κ2) is 9.40. The smallest absolute Gasteiger partial charge is 0.475 e. The first-order valence-electron chi connectivity index (χ1n) is 10.3. The molecule has 4 heterocycles. The number of carbonyl (C=O) groups excluding carboxylic acids is 1. The molecule has 0 unspecified atom stereocenters. The molecule has 10 heteroatoms. The number of nitrogens with zero attached hydrogens (tertiary/aromatic N) is 3. The number of carboxylic acids is 1. The van der Waals surface area contributed by atoms with Crippen LogP contribution in [0.15, 0.2) is 66.2 Å². The molecule has 3 aromatic rings. The molecule has 1 aromatic carbocycles. The Morgan fingerprint density at radius 3 is 2.33 bits per heavy atom. The summed E-state index contributed by atoms with van der Waals surface area (Å²) in [6.07, 6.45) is -3.01. The van der Waals surface area contributed by atoms with Gasteiger partial charge in [-0.05, 0) is 29.1 Å². The quantitative estimate of drug-likeness (QED) is 0.610. The lowest BCUT2D eigenvalue weighted by atomic mass is 10.0. The van der Waals surface area contributed by atoms with Gasteiger partial charge in [0, 0.05) is 37.3 Å². The number of fused-ring (bicyclic) bond motifs is 3. The number of rotatable bonds is 4. The predicted molar refractivity (Wildman–Crippen MR) is 117 cm³/mol. The number of benzene rings is 1. The van der Waals surface area contributed by atoms with Gasteiger partial charge in [0.15, 0.2) is 0 Å². The number of hydrogen-bond donors (Lipinski definition) is 1. The van der Waals surface area contributed by atoms with Gasteiger partial charge in [0.2, 0.25) is 0 Å². The molecule has 2 aliphatic heterocycles. The lowest BCUT2D eigenvalue weighted by Gasteiger charge is -2.38. The Morgan fingerprint density at radius 1 is 1.00 bits per heavy atom. The average Bonchev–Trinajstić information content (AvgIpc) is 3.52. The Kier molecular flexibility index (Phi) is 6.57. The maximum Gasteiger partial charge on any atom is 0.490 e. The fraction of sp³-hybridized carbons (Fsp3) is 0.304. The normalized spacial score (nSPS) is 20.1. The summed E-state index contributed by atoms with van der Waals surface area (Å²) < 4.78 is 33.9. The summed E-state index contributed by atoms with van der Waals surface area (Å²) >= 11 is 1.81. The van der Waals surface area contributed by atoms with Gasteiger partial charge in [-0.25, -0.2) is 4.79 Å². The Balaban J connectivity index is 0.000000325. The van der Waals surface area contributed by atoms with Crippen LogP contribution in [-0.2, 0) is 17.9 Å². The third-order valence-corrected chi connectivity index (χ3v) is 6.61. The summed E-state index contributed by atoms with van der Waals surface area (Å²) in [5.41, 5.74) is 2.01. The minimum absolute atomic E-state index is 0.151. The van der Waals surface area contributed by atoms with Crippen LogP contribution in [0.2, 0.25) is 0 Å². The molecule has 33 heavy (non-hydrogen) atoms. The Hall–Kier alpha value is -3.11. The van der Waals surface area contributed by atoms with Crippen LogP contribution in [0.1, 0.15) is 27.0 Å². The van der Waals surface area contributed by atoms with Crippen molar-refractivity contribution in [3.05, 3.63) is 82.3 Å². The van der Waals surface area contributed by atoms with E-state index in [1.165, 1.54) is 10.4 Å². The second-order valence-corrected chi connectivity index (χ2v) is 8.96. The zero-order valence-corrected chi connectivity index (χ0v) is 18.3. The molecule has 1 saturated heterocycles. The Labute approximate surface area is 192 Å². The molecule has 0 bridgehead atoms. The van der Waals surface area contributed by atoms with Crippen molar-refractivity contribution in [3.63, 3.8) is 0 Å². The molecule has 1 fully saturated rings. The van der Waals surface area contributed by atoms with Crippen molar-refractivity contribution in [2.24, 2.45) is 0 Å². The fourth-order valence-corrected chi connectivity index (χ4v) is 5.06. The van der Waals surface area contributed by atoms with Crippen LogP contribution < -0.4 is 0 Å². The molecular weight excluding hydrogens is 455 g/mol. The predicted octanol–water partition coefficient (Wildman–Crippen LogP) is 4.26. The van der Waals surface area contributed by atoms with Crippen LogP contribution in [0.5, 0.6) is 0 Å². The molecule has 2 aromatic heterocycles. The molecular formula is C23H22F3N3O3S. The molecule has 0 spiro atoms. The van der Waals surface area contributed by atoms with Crippen molar-refractivity contribution >= 4 is 23.2 Å². The van der Waals surface area contributed by atoms with Crippen LogP contribution in [0.3, 0.4) is 0 Å². The summed E-state index contributed by atoms with van der Waals surface area (Å²) in [6.45, 7) is 3.56. The van der Waals surface area contributed by atoms with Gasteiger partial charge < -0.3 is 14.6 Å². The summed E-state index contributed by atoms with van der Waals surface area (Å²) in [4.78, 5) is 28.0. The zero-order valence-electron chi connectivity index (χ0n) is 17.5. The second-order valence-electron chi connectivity index (χ2n) is 7.93.